The Bertz CT molecular complexity index is 868. The number of rotatable bonds is 7. The smallest absolute Gasteiger partial charge is 0.261 e. The van der Waals surface area contributed by atoms with Crippen molar-refractivity contribution in [3.8, 4) is 5.75 Å². The molecule has 5 nitrogen and oxygen atoms in total. The van der Waals surface area contributed by atoms with E-state index >= 15 is 0 Å². The average Bonchev–Trinajstić information content (AvgIpc) is 2.96. The number of hydrogen-bond acceptors (Lipinski definition) is 4. The standard InChI is InChI=1S/C25H30N2O3/c1-19(26-14-6-2-3-7-15-26)20-10-8-11-21(18-20)30-17-9-16-27-24(28)22-12-4-5-13-23(22)25(27)29/h4-5,8,10-13,18-19H,2-3,6-7,9,14-17H2,1H3. The van der Waals surface area contributed by atoms with Crippen LogP contribution >= 0.6 is 0 Å². The van der Waals surface area contributed by atoms with E-state index in [9.17, 15) is 9.59 Å². The van der Waals surface area contributed by atoms with Gasteiger partial charge in [0.2, 0.25) is 0 Å². The second kappa shape index (κ2) is 9.43. The molecular formula is C25H30N2O3. The van der Waals surface area contributed by atoms with Crippen molar-refractivity contribution >= 4 is 11.8 Å². The van der Waals surface area contributed by atoms with Gasteiger partial charge in [0, 0.05) is 12.6 Å². The molecule has 1 unspecified atom stereocenters. The van der Waals surface area contributed by atoms with E-state index in [2.05, 4.69) is 24.0 Å². The monoisotopic (exact) mass is 406 g/mol. The van der Waals surface area contributed by atoms with E-state index in [1.54, 1.807) is 24.3 Å². The summed E-state index contributed by atoms with van der Waals surface area (Å²) in [6.07, 6.45) is 5.83. The van der Waals surface area contributed by atoms with Crippen LogP contribution in [0.15, 0.2) is 48.5 Å². The molecule has 0 aromatic heterocycles. The minimum absolute atomic E-state index is 0.205. The molecule has 2 aliphatic heterocycles. The first-order chi connectivity index (χ1) is 14.6. The molecule has 0 aliphatic carbocycles. The zero-order valence-electron chi connectivity index (χ0n) is 17.7. The van der Waals surface area contributed by atoms with Crippen LogP contribution in [0, 0.1) is 0 Å². The summed E-state index contributed by atoms with van der Waals surface area (Å²) in [5, 5.41) is 0. The Morgan fingerprint density at radius 2 is 1.57 bits per heavy atom. The van der Waals surface area contributed by atoms with Crippen LogP contribution in [0.4, 0.5) is 0 Å². The van der Waals surface area contributed by atoms with E-state index in [1.165, 1.54) is 36.1 Å². The molecule has 0 spiro atoms. The molecule has 0 radical (unpaired) electrons. The number of carbonyl (C=O) groups excluding carboxylic acids is 2. The first-order valence-corrected chi connectivity index (χ1v) is 11.1. The van der Waals surface area contributed by atoms with Gasteiger partial charge >= 0.3 is 0 Å². The average molecular weight is 407 g/mol. The number of fused-ring (bicyclic) bond motifs is 1. The second-order valence-electron chi connectivity index (χ2n) is 8.21. The molecule has 1 atom stereocenters. The minimum Gasteiger partial charge on any atom is -0.494 e. The Morgan fingerprint density at radius 1 is 0.900 bits per heavy atom. The van der Waals surface area contributed by atoms with Crippen molar-refractivity contribution in [1.82, 2.24) is 9.80 Å². The zero-order valence-corrected chi connectivity index (χ0v) is 17.7. The topological polar surface area (TPSA) is 49.9 Å². The van der Waals surface area contributed by atoms with Gasteiger partial charge in [-0.25, -0.2) is 0 Å². The number of imide groups is 1. The van der Waals surface area contributed by atoms with E-state index in [0.717, 1.165) is 18.8 Å². The third kappa shape index (κ3) is 4.41. The maximum Gasteiger partial charge on any atom is 0.261 e. The fourth-order valence-electron chi connectivity index (χ4n) is 4.41. The number of hydrogen-bond donors (Lipinski definition) is 0. The fourth-order valence-corrected chi connectivity index (χ4v) is 4.41. The third-order valence-electron chi connectivity index (χ3n) is 6.20. The second-order valence-corrected chi connectivity index (χ2v) is 8.21. The Morgan fingerprint density at radius 3 is 2.23 bits per heavy atom. The zero-order chi connectivity index (χ0) is 20.9. The van der Waals surface area contributed by atoms with Crippen molar-refractivity contribution in [1.29, 1.82) is 0 Å². The van der Waals surface area contributed by atoms with Gasteiger partial charge in [-0.3, -0.25) is 19.4 Å². The van der Waals surface area contributed by atoms with Crippen molar-refractivity contribution < 1.29 is 14.3 Å². The van der Waals surface area contributed by atoms with E-state index < -0.39 is 0 Å². The van der Waals surface area contributed by atoms with Gasteiger partial charge in [0.05, 0.1) is 17.7 Å². The number of amides is 2. The Kier molecular flexibility index (Phi) is 6.48. The predicted molar refractivity (Wildman–Crippen MR) is 117 cm³/mol. The number of benzene rings is 2. The van der Waals surface area contributed by atoms with Gasteiger partial charge in [-0.15, -0.1) is 0 Å². The molecule has 2 aromatic carbocycles. The molecule has 2 aromatic rings. The Hall–Kier alpha value is -2.66. The maximum atomic E-state index is 12.4. The molecule has 0 N–H and O–H groups in total. The first-order valence-electron chi connectivity index (χ1n) is 11.1. The summed E-state index contributed by atoms with van der Waals surface area (Å²) in [7, 11) is 0. The van der Waals surface area contributed by atoms with Crippen LogP contribution < -0.4 is 4.74 Å². The Labute approximate surface area is 178 Å². The summed E-state index contributed by atoms with van der Waals surface area (Å²) in [6.45, 7) is 5.43. The van der Waals surface area contributed by atoms with Crippen LogP contribution in [-0.2, 0) is 0 Å². The fraction of sp³-hybridized carbons (Fsp3) is 0.440. The molecule has 0 bridgehead atoms. The number of carbonyl (C=O) groups is 2. The normalized spacial score (nSPS) is 18.2. The Balaban J connectivity index is 1.29. The SMILES string of the molecule is CC(c1cccc(OCCCN2C(=O)c3ccccc3C2=O)c1)N1CCCCCC1. The lowest BCUT2D eigenvalue weighted by molar-refractivity contribution is 0.0646. The maximum absolute atomic E-state index is 12.4. The molecule has 2 heterocycles. The van der Waals surface area contributed by atoms with Crippen molar-refractivity contribution in [2.24, 2.45) is 0 Å². The van der Waals surface area contributed by atoms with Crippen LogP contribution in [0.1, 0.15) is 71.3 Å². The highest BCUT2D eigenvalue weighted by Crippen LogP contribution is 2.27. The van der Waals surface area contributed by atoms with Gasteiger partial charge < -0.3 is 4.74 Å². The van der Waals surface area contributed by atoms with E-state index in [1.807, 2.05) is 12.1 Å². The quantitative estimate of drug-likeness (QED) is 0.494. The van der Waals surface area contributed by atoms with Crippen LogP contribution in [0.25, 0.3) is 0 Å². The summed E-state index contributed by atoms with van der Waals surface area (Å²) in [4.78, 5) is 28.7. The van der Waals surface area contributed by atoms with Crippen molar-refractivity contribution in [2.45, 2.75) is 45.1 Å². The molecule has 1 saturated heterocycles. The number of nitrogens with zero attached hydrogens (tertiary/aromatic N) is 2. The summed E-state index contributed by atoms with van der Waals surface area (Å²) in [5.74, 6) is 0.435. The van der Waals surface area contributed by atoms with Gasteiger partial charge in [0.25, 0.3) is 11.8 Å². The lowest BCUT2D eigenvalue weighted by atomic mass is 10.1. The first kappa shape index (κ1) is 20.6. The van der Waals surface area contributed by atoms with Gasteiger partial charge in [-0.2, -0.15) is 0 Å². The molecular weight excluding hydrogens is 376 g/mol. The van der Waals surface area contributed by atoms with Gasteiger partial charge in [-0.05, 0) is 69.1 Å². The largest absolute Gasteiger partial charge is 0.494 e. The third-order valence-corrected chi connectivity index (χ3v) is 6.20. The van der Waals surface area contributed by atoms with Crippen LogP contribution in [0.2, 0.25) is 0 Å². The highest BCUT2D eigenvalue weighted by molar-refractivity contribution is 6.21. The van der Waals surface area contributed by atoms with Gasteiger partial charge in [0.1, 0.15) is 5.75 Å². The highest BCUT2D eigenvalue weighted by Gasteiger charge is 2.34. The van der Waals surface area contributed by atoms with Crippen molar-refractivity contribution in [2.75, 3.05) is 26.2 Å². The highest BCUT2D eigenvalue weighted by atomic mass is 16.5. The molecule has 2 aliphatic rings. The molecule has 30 heavy (non-hydrogen) atoms. The number of ether oxygens (including phenoxy) is 1. The molecule has 2 amide bonds. The minimum atomic E-state index is -0.205. The summed E-state index contributed by atoms with van der Waals surface area (Å²) in [6, 6.07) is 15.7. The molecule has 4 rings (SSSR count). The van der Waals surface area contributed by atoms with E-state index in [-0.39, 0.29) is 11.8 Å². The summed E-state index contributed by atoms with van der Waals surface area (Å²) < 4.78 is 5.95. The van der Waals surface area contributed by atoms with Crippen LogP contribution in [0.3, 0.4) is 0 Å². The van der Waals surface area contributed by atoms with Gasteiger partial charge in [0.15, 0.2) is 0 Å². The molecule has 5 heteroatoms. The summed E-state index contributed by atoms with van der Waals surface area (Å²) >= 11 is 0. The van der Waals surface area contributed by atoms with E-state index in [4.69, 9.17) is 4.74 Å². The molecule has 158 valence electrons. The van der Waals surface area contributed by atoms with E-state index in [0.29, 0.717) is 36.7 Å². The molecule has 0 saturated carbocycles. The van der Waals surface area contributed by atoms with Crippen molar-refractivity contribution in [3.05, 3.63) is 65.2 Å². The summed E-state index contributed by atoms with van der Waals surface area (Å²) in [5.41, 5.74) is 2.27. The lowest BCUT2D eigenvalue weighted by Gasteiger charge is -2.28. The van der Waals surface area contributed by atoms with Crippen molar-refractivity contribution in [3.63, 3.8) is 0 Å². The predicted octanol–water partition coefficient (Wildman–Crippen LogP) is 4.69. The lowest BCUT2D eigenvalue weighted by Crippen LogP contribution is -2.31. The number of likely N-dealkylation sites (tertiary alicyclic amines) is 1. The van der Waals surface area contributed by atoms with Crippen LogP contribution in [0.5, 0.6) is 5.75 Å². The van der Waals surface area contributed by atoms with Gasteiger partial charge in [-0.1, -0.05) is 37.1 Å². The molecule has 1 fully saturated rings. The van der Waals surface area contributed by atoms with Crippen LogP contribution in [-0.4, -0.2) is 47.9 Å².